The Bertz CT molecular complexity index is 1380. The van der Waals surface area contributed by atoms with Crippen LogP contribution in [0.25, 0.3) is 17.3 Å². The summed E-state index contributed by atoms with van der Waals surface area (Å²) in [5.74, 6) is 0.220. The molecule has 4 aromatic rings. The minimum absolute atomic E-state index is 0.373. The lowest BCUT2D eigenvalue weighted by Gasteiger charge is -2.08. The molecule has 1 aliphatic rings. The number of halogens is 1. The highest BCUT2D eigenvalue weighted by Crippen LogP contribution is 2.25. The van der Waals surface area contributed by atoms with Gasteiger partial charge in [-0.25, -0.2) is 4.79 Å². The molecule has 1 aromatic heterocycles. The van der Waals surface area contributed by atoms with E-state index < -0.39 is 5.97 Å². The molecule has 0 radical (unpaired) electrons. The molecule has 0 N–H and O–H groups in total. The third-order valence-electron chi connectivity index (χ3n) is 5.36. The Labute approximate surface area is 201 Å². The second kappa shape index (κ2) is 9.73. The van der Waals surface area contributed by atoms with E-state index in [-0.39, 0.29) is 0 Å². The molecule has 0 fully saturated rings. The van der Waals surface area contributed by atoms with Gasteiger partial charge in [0.2, 0.25) is 0 Å². The number of pyridine rings is 1. The minimum atomic E-state index is -0.483. The lowest BCUT2D eigenvalue weighted by molar-refractivity contribution is -0.136. The summed E-state index contributed by atoms with van der Waals surface area (Å²) in [5, 5.41) is 4.67. The maximum atomic E-state index is 12.4. The van der Waals surface area contributed by atoms with Gasteiger partial charge in [0.05, 0.1) is 11.3 Å². The first-order valence-electron chi connectivity index (χ1n) is 10.7. The fourth-order valence-corrected chi connectivity index (χ4v) is 3.74. The Morgan fingerprint density at radius 3 is 2.32 bits per heavy atom. The Kier molecular flexibility index (Phi) is 6.19. The summed E-state index contributed by atoms with van der Waals surface area (Å²) in [4.78, 5) is 21.7. The van der Waals surface area contributed by atoms with Crippen LogP contribution in [0.2, 0.25) is 5.02 Å². The van der Waals surface area contributed by atoms with Crippen LogP contribution in [0, 0.1) is 0 Å². The molecule has 1 aliphatic heterocycles. The number of hydrogen-bond donors (Lipinski definition) is 0. The first kappa shape index (κ1) is 21.6. The zero-order chi connectivity index (χ0) is 23.3. The molecule has 0 amide bonds. The van der Waals surface area contributed by atoms with Gasteiger partial charge in [0.25, 0.3) is 0 Å². The highest BCUT2D eigenvalue weighted by atomic mass is 35.5. The first-order valence-corrected chi connectivity index (χ1v) is 11.0. The summed E-state index contributed by atoms with van der Waals surface area (Å²) in [6.45, 7) is 0.373. The molecular formula is C28H19ClN2O3. The van der Waals surface area contributed by atoms with E-state index >= 15 is 0 Å². The van der Waals surface area contributed by atoms with Gasteiger partial charge in [-0.15, -0.1) is 0 Å². The van der Waals surface area contributed by atoms with E-state index in [0.717, 1.165) is 27.9 Å². The Balaban J connectivity index is 1.32. The third-order valence-corrected chi connectivity index (χ3v) is 5.73. The fourth-order valence-electron chi connectivity index (χ4n) is 3.55. The predicted molar refractivity (Wildman–Crippen MR) is 133 cm³/mol. The van der Waals surface area contributed by atoms with E-state index in [2.05, 4.69) is 10.1 Å². The summed E-state index contributed by atoms with van der Waals surface area (Å²) < 4.78 is 5.83. The van der Waals surface area contributed by atoms with E-state index in [9.17, 15) is 4.79 Å². The smallest absolute Gasteiger partial charge is 0.368 e. The van der Waals surface area contributed by atoms with E-state index in [1.54, 1.807) is 12.3 Å². The van der Waals surface area contributed by atoms with Crippen LogP contribution in [-0.2, 0) is 16.2 Å². The molecule has 5 nitrogen and oxygen atoms in total. The molecule has 0 aliphatic carbocycles. The molecule has 5 rings (SSSR count). The lowest BCUT2D eigenvalue weighted by atomic mass is 9.99. The molecule has 0 atom stereocenters. The van der Waals surface area contributed by atoms with Gasteiger partial charge in [0, 0.05) is 27.9 Å². The van der Waals surface area contributed by atoms with Gasteiger partial charge < -0.3 is 9.57 Å². The summed E-state index contributed by atoms with van der Waals surface area (Å²) >= 11 is 6.18. The van der Waals surface area contributed by atoms with Gasteiger partial charge in [-0.2, -0.15) is 0 Å². The normalized spacial score (nSPS) is 14.1. The van der Waals surface area contributed by atoms with Crippen molar-refractivity contribution in [3.63, 3.8) is 0 Å². The van der Waals surface area contributed by atoms with E-state index in [1.165, 1.54) is 0 Å². The number of oxime groups is 1. The van der Waals surface area contributed by atoms with Crippen LogP contribution in [0.1, 0.15) is 16.7 Å². The van der Waals surface area contributed by atoms with Gasteiger partial charge >= 0.3 is 5.97 Å². The summed E-state index contributed by atoms with van der Waals surface area (Å²) in [7, 11) is 0. The van der Waals surface area contributed by atoms with Crippen LogP contribution in [0.5, 0.6) is 5.75 Å². The van der Waals surface area contributed by atoms with E-state index in [0.29, 0.717) is 28.7 Å². The molecule has 0 saturated carbocycles. The molecule has 2 heterocycles. The SMILES string of the molecule is O=C1ON=C(c2ccc(-c3ccccn3)cc2)/C1=C/c1ccc(OCc2ccccc2Cl)cc1. The highest BCUT2D eigenvalue weighted by molar-refractivity contribution is 6.31. The van der Waals surface area contributed by atoms with Gasteiger partial charge in [-0.1, -0.05) is 77.4 Å². The largest absolute Gasteiger partial charge is 0.489 e. The topological polar surface area (TPSA) is 60.8 Å². The molecule has 166 valence electrons. The van der Waals surface area contributed by atoms with Crippen molar-refractivity contribution in [1.82, 2.24) is 4.98 Å². The molecule has 34 heavy (non-hydrogen) atoms. The molecule has 6 heteroatoms. The van der Waals surface area contributed by atoms with Gasteiger partial charge in [0.1, 0.15) is 18.1 Å². The Morgan fingerprint density at radius 2 is 1.59 bits per heavy atom. The standard InChI is InChI=1S/C28H19ClN2O3/c29-25-6-2-1-5-22(25)18-33-23-14-8-19(9-15-23)17-24-27(31-34-28(24)32)21-12-10-20(11-13-21)26-7-3-4-16-30-26/h1-17H,18H2/b24-17-. The molecule has 0 saturated heterocycles. The predicted octanol–water partition coefficient (Wildman–Crippen LogP) is 6.33. The van der Waals surface area contributed by atoms with E-state index in [1.807, 2.05) is 91.0 Å². The number of carbonyl (C=O) groups excluding carboxylic acids is 1. The first-order chi connectivity index (χ1) is 16.7. The summed E-state index contributed by atoms with van der Waals surface area (Å²) in [5.41, 5.74) is 5.29. The van der Waals surface area contributed by atoms with Crippen molar-refractivity contribution < 1.29 is 14.4 Å². The third kappa shape index (κ3) is 4.75. The molecule has 0 bridgehead atoms. The van der Waals surface area contributed by atoms with Crippen molar-refractivity contribution in [1.29, 1.82) is 0 Å². The minimum Gasteiger partial charge on any atom is -0.489 e. The molecular weight excluding hydrogens is 448 g/mol. The number of carbonyl (C=O) groups is 1. The van der Waals surface area contributed by atoms with Crippen LogP contribution in [0.15, 0.2) is 108 Å². The number of rotatable bonds is 6. The van der Waals surface area contributed by atoms with Crippen LogP contribution in [0.3, 0.4) is 0 Å². The number of nitrogens with zero attached hydrogens (tertiary/aromatic N) is 2. The van der Waals surface area contributed by atoms with Crippen molar-refractivity contribution >= 4 is 29.4 Å². The zero-order valence-corrected chi connectivity index (χ0v) is 18.8. The quantitative estimate of drug-likeness (QED) is 0.246. The second-order valence-electron chi connectivity index (χ2n) is 7.62. The molecule has 0 spiro atoms. The maximum absolute atomic E-state index is 12.4. The Hall–Kier alpha value is -4.22. The number of ether oxygens (including phenoxy) is 1. The van der Waals surface area contributed by atoms with Crippen molar-refractivity contribution in [2.24, 2.45) is 5.16 Å². The Morgan fingerprint density at radius 1 is 0.853 bits per heavy atom. The molecule has 0 unspecified atom stereocenters. The van der Waals surface area contributed by atoms with Crippen LogP contribution in [0.4, 0.5) is 0 Å². The van der Waals surface area contributed by atoms with Crippen molar-refractivity contribution in [3.05, 3.63) is 124 Å². The van der Waals surface area contributed by atoms with Crippen LogP contribution < -0.4 is 4.74 Å². The summed E-state index contributed by atoms with van der Waals surface area (Å²) in [6, 6.07) is 28.5. The van der Waals surface area contributed by atoms with Crippen LogP contribution in [-0.4, -0.2) is 16.7 Å². The monoisotopic (exact) mass is 466 g/mol. The van der Waals surface area contributed by atoms with Crippen molar-refractivity contribution in [3.8, 4) is 17.0 Å². The molecule has 3 aromatic carbocycles. The van der Waals surface area contributed by atoms with Gasteiger partial charge in [-0.3, -0.25) is 4.98 Å². The van der Waals surface area contributed by atoms with Gasteiger partial charge in [-0.05, 0) is 42.0 Å². The second-order valence-corrected chi connectivity index (χ2v) is 8.03. The summed E-state index contributed by atoms with van der Waals surface area (Å²) in [6.07, 6.45) is 3.52. The fraction of sp³-hybridized carbons (Fsp3) is 0.0357. The number of aromatic nitrogens is 1. The lowest BCUT2D eigenvalue weighted by Crippen LogP contribution is -2.06. The van der Waals surface area contributed by atoms with Crippen LogP contribution >= 0.6 is 11.6 Å². The highest BCUT2D eigenvalue weighted by Gasteiger charge is 2.26. The number of hydrogen-bond acceptors (Lipinski definition) is 5. The van der Waals surface area contributed by atoms with Crippen molar-refractivity contribution in [2.75, 3.05) is 0 Å². The number of benzene rings is 3. The van der Waals surface area contributed by atoms with E-state index in [4.69, 9.17) is 21.2 Å². The average Bonchev–Trinajstić information content (AvgIpc) is 3.25. The average molecular weight is 467 g/mol. The maximum Gasteiger partial charge on any atom is 0.368 e. The van der Waals surface area contributed by atoms with Crippen molar-refractivity contribution in [2.45, 2.75) is 6.61 Å². The zero-order valence-electron chi connectivity index (χ0n) is 18.0. The van der Waals surface area contributed by atoms with Gasteiger partial charge in [0.15, 0.2) is 0 Å².